The topological polar surface area (TPSA) is 79.6 Å². The highest BCUT2D eigenvalue weighted by atomic mass is 79.9. The van der Waals surface area contributed by atoms with Gasteiger partial charge in [0.25, 0.3) is 0 Å². The van der Waals surface area contributed by atoms with Crippen molar-refractivity contribution in [3.63, 3.8) is 0 Å². The van der Waals surface area contributed by atoms with Crippen molar-refractivity contribution < 1.29 is 19.1 Å². The number of alkyl halides is 1. The number of benzene rings is 2. The van der Waals surface area contributed by atoms with Crippen LogP contribution < -0.4 is 9.64 Å². The van der Waals surface area contributed by atoms with E-state index in [1.807, 2.05) is 32.0 Å². The number of carbonyl (C=O) groups is 2. The Morgan fingerprint density at radius 1 is 1.10 bits per heavy atom. The Bertz CT molecular complexity index is 1100. The Hall–Kier alpha value is -1.92. The second-order valence-corrected chi connectivity index (χ2v) is 11.1. The van der Waals surface area contributed by atoms with Crippen LogP contribution in [0.5, 0.6) is 5.75 Å². The Labute approximate surface area is 255 Å². The molecule has 6 nitrogen and oxygen atoms in total. The van der Waals surface area contributed by atoms with Gasteiger partial charge in [-0.1, -0.05) is 57.7 Å². The Kier molecular flexibility index (Phi) is 17.3. The van der Waals surface area contributed by atoms with Gasteiger partial charge in [-0.15, -0.1) is 11.6 Å². The molecule has 0 aromatic heterocycles. The zero-order valence-corrected chi connectivity index (χ0v) is 27.4. The van der Waals surface area contributed by atoms with Crippen molar-refractivity contribution in [2.45, 2.75) is 78.7 Å². The molecule has 9 heteroatoms. The summed E-state index contributed by atoms with van der Waals surface area (Å²) in [5, 5.41) is 8.85. The van der Waals surface area contributed by atoms with Crippen molar-refractivity contribution in [2.24, 2.45) is 0 Å². The fourth-order valence-corrected chi connectivity index (χ4v) is 5.56. The predicted octanol–water partition coefficient (Wildman–Crippen LogP) is 8.51. The number of ether oxygens (including phenoxy) is 2. The summed E-state index contributed by atoms with van der Waals surface area (Å²) >= 11 is 12.4. The summed E-state index contributed by atoms with van der Waals surface area (Å²) in [6, 6.07) is 11.4. The van der Waals surface area contributed by atoms with Crippen molar-refractivity contribution in [3.8, 4) is 11.8 Å². The third-order valence-electron chi connectivity index (χ3n) is 6.00. The smallest absolute Gasteiger partial charge is 0.311 e. The minimum Gasteiger partial charge on any atom is -0.424 e. The molecule has 0 N–H and O–H groups in total. The monoisotopic (exact) mass is 684 g/mol. The van der Waals surface area contributed by atoms with Gasteiger partial charge in [-0.3, -0.25) is 9.59 Å². The van der Waals surface area contributed by atoms with E-state index in [1.54, 1.807) is 24.1 Å². The lowest BCUT2D eigenvalue weighted by molar-refractivity contribution is -0.134. The number of carbonyl (C=O) groups excluding carboxylic acids is 2. The number of aryl methyl sites for hydroxylation is 2. The van der Waals surface area contributed by atoms with Gasteiger partial charge in [-0.2, -0.15) is 5.26 Å². The summed E-state index contributed by atoms with van der Waals surface area (Å²) in [6.07, 6.45) is 6.76. The van der Waals surface area contributed by atoms with Crippen LogP contribution in [0.1, 0.15) is 76.0 Å². The Morgan fingerprint density at radius 2 is 1.74 bits per heavy atom. The first-order valence-electron chi connectivity index (χ1n) is 13.2. The lowest BCUT2D eigenvalue weighted by Crippen LogP contribution is -2.43. The zero-order chi connectivity index (χ0) is 29.4. The fraction of sp³-hybridized carbons (Fsp3) is 0.500. The van der Waals surface area contributed by atoms with Crippen LogP contribution in [0.25, 0.3) is 0 Å². The van der Waals surface area contributed by atoms with E-state index in [-0.39, 0.29) is 23.8 Å². The number of halogens is 3. The molecular weight excluding hydrogens is 648 g/mol. The summed E-state index contributed by atoms with van der Waals surface area (Å²) in [7, 11) is 1.64. The molecule has 1 unspecified atom stereocenters. The number of hydrogen-bond acceptors (Lipinski definition) is 5. The number of amides is 1. The third-order valence-corrected chi connectivity index (χ3v) is 7.41. The second-order valence-electron chi connectivity index (χ2n) is 9.16. The largest absolute Gasteiger partial charge is 0.424 e. The quantitative estimate of drug-likeness (QED) is 0.0914. The summed E-state index contributed by atoms with van der Waals surface area (Å²) in [5.74, 6) is 0.0799. The standard InChI is InChI=1S/C15H17Br2NO2.C15H22ClNO2/c1-2-3-4-5-6-7-14(19)20-15-12(16)8-11(10-18)9-13(15)17;1-5-13-8-6-7-11(2)15(13)17(14(18)9-16)12(3)10-19-4/h8-9H,2-7H2,1H3;6-8,12H,5,9-10H2,1-4H3. The third kappa shape index (κ3) is 11.6. The van der Waals surface area contributed by atoms with Crippen LogP contribution >= 0.6 is 43.5 Å². The highest BCUT2D eigenvalue weighted by Gasteiger charge is 2.24. The number of nitrogens with zero attached hydrogens (tertiary/aromatic N) is 2. The Balaban J connectivity index is 0.000000391. The van der Waals surface area contributed by atoms with Gasteiger partial charge in [-0.25, -0.2) is 0 Å². The van der Waals surface area contributed by atoms with Crippen molar-refractivity contribution in [1.82, 2.24) is 0 Å². The molecule has 0 radical (unpaired) electrons. The number of unbranched alkanes of at least 4 members (excludes halogenated alkanes) is 4. The second kappa shape index (κ2) is 19.2. The van der Waals surface area contributed by atoms with E-state index in [0.717, 1.165) is 42.5 Å². The molecule has 1 atom stereocenters. The molecule has 0 aliphatic rings. The van der Waals surface area contributed by atoms with Gasteiger partial charge in [0, 0.05) is 13.5 Å². The minimum atomic E-state index is -0.243. The van der Waals surface area contributed by atoms with Crippen LogP contribution in [-0.4, -0.2) is 37.5 Å². The summed E-state index contributed by atoms with van der Waals surface area (Å²) in [4.78, 5) is 25.7. The van der Waals surface area contributed by atoms with Crippen molar-refractivity contribution in [3.05, 3.63) is 56.0 Å². The van der Waals surface area contributed by atoms with Crippen LogP contribution in [0.15, 0.2) is 39.3 Å². The van der Waals surface area contributed by atoms with Crippen LogP contribution in [0.4, 0.5) is 5.69 Å². The van der Waals surface area contributed by atoms with Crippen LogP contribution in [-0.2, 0) is 20.7 Å². The maximum Gasteiger partial charge on any atom is 0.311 e. The molecule has 214 valence electrons. The maximum absolute atomic E-state index is 12.2. The minimum absolute atomic E-state index is 0.0223. The van der Waals surface area contributed by atoms with E-state index >= 15 is 0 Å². The molecule has 0 heterocycles. The molecule has 0 saturated heterocycles. The highest BCUT2D eigenvalue weighted by molar-refractivity contribution is 9.11. The van der Waals surface area contributed by atoms with Gasteiger partial charge in [0.05, 0.1) is 38.9 Å². The van der Waals surface area contributed by atoms with Crippen LogP contribution in [0, 0.1) is 18.3 Å². The molecule has 0 aliphatic carbocycles. The molecule has 1 amide bonds. The summed E-state index contributed by atoms with van der Waals surface area (Å²) in [5.41, 5.74) is 3.71. The number of esters is 1. The molecular formula is C30H39Br2ClN2O4. The van der Waals surface area contributed by atoms with E-state index in [4.69, 9.17) is 26.3 Å². The van der Waals surface area contributed by atoms with Crippen molar-refractivity contribution >= 4 is 61.0 Å². The van der Waals surface area contributed by atoms with Crippen molar-refractivity contribution in [1.29, 1.82) is 5.26 Å². The zero-order valence-electron chi connectivity index (χ0n) is 23.5. The lowest BCUT2D eigenvalue weighted by Gasteiger charge is -2.31. The number of rotatable bonds is 13. The van der Waals surface area contributed by atoms with Gasteiger partial charge < -0.3 is 14.4 Å². The number of anilines is 1. The molecule has 2 aromatic rings. The number of methoxy groups -OCH3 is 1. The van der Waals surface area contributed by atoms with E-state index < -0.39 is 0 Å². The molecule has 0 fully saturated rings. The van der Waals surface area contributed by atoms with Gasteiger partial charge >= 0.3 is 5.97 Å². The Morgan fingerprint density at radius 3 is 2.28 bits per heavy atom. The molecule has 2 aromatic carbocycles. The van der Waals surface area contributed by atoms with Crippen molar-refractivity contribution in [2.75, 3.05) is 24.5 Å². The maximum atomic E-state index is 12.2. The van der Waals surface area contributed by atoms with Gasteiger partial charge in [0.15, 0.2) is 5.75 Å². The molecule has 0 bridgehead atoms. The first kappa shape index (κ1) is 35.1. The lowest BCUT2D eigenvalue weighted by atomic mass is 10.0. The number of nitriles is 1. The van der Waals surface area contributed by atoms with Gasteiger partial charge in [-0.05, 0) is 81.8 Å². The van der Waals surface area contributed by atoms with Gasteiger partial charge in [0.2, 0.25) is 5.91 Å². The number of hydrogen-bond donors (Lipinski definition) is 0. The molecule has 0 aliphatic heterocycles. The first-order chi connectivity index (χ1) is 18.6. The van der Waals surface area contributed by atoms with E-state index in [1.165, 1.54) is 12.8 Å². The normalized spacial score (nSPS) is 11.2. The molecule has 0 spiro atoms. The SMILES string of the molecule is CCCCCCCC(=O)Oc1c(Br)cc(C#N)cc1Br.CCc1cccc(C)c1N(C(=O)CCl)C(C)COC. The average Bonchev–Trinajstić information content (AvgIpc) is 2.91. The first-order valence-corrected chi connectivity index (χ1v) is 15.3. The number of para-hydroxylation sites is 1. The highest BCUT2D eigenvalue weighted by Crippen LogP contribution is 2.35. The van der Waals surface area contributed by atoms with E-state index in [9.17, 15) is 9.59 Å². The molecule has 0 saturated carbocycles. The summed E-state index contributed by atoms with van der Waals surface area (Å²) in [6.45, 7) is 8.72. The predicted molar refractivity (Wildman–Crippen MR) is 166 cm³/mol. The molecule has 2 rings (SSSR count). The van der Waals surface area contributed by atoms with E-state index in [0.29, 0.717) is 33.3 Å². The van der Waals surface area contributed by atoms with Gasteiger partial charge in [0.1, 0.15) is 5.88 Å². The van der Waals surface area contributed by atoms with Crippen LogP contribution in [0.3, 0.4) is 0 Å². The average molecular weight is 687 g/mol. The molecule has 39 heavy (non-hydrogen) atoms. The fourth-order valence-electron chi connectivity index (χ4n) is 4.08. The summed E-state index contributed by atoms with van der Waals surface area (Å²) < 4.78 is 11.7. The van der Waals surface area contributed by atoms with E-state index in [2.05, 4.69) is 51.8 Å². The van der Waals surface area contributed by atoms with Crippen LogP contribution in [0.2, 0.25) is 0 Å².